The molecule has 3 aromatic rings. The number of amides is 1. The molecule has 0 bridgehead atoms. The molecule has 1 amide bonds. The van der Waals surface area contributed by atoms with Gasteiger partial charge in [0.15, 0.2) is 5.78 Å². The molecule has 0 saturated heterocycles. The molecule has 1 aromatic heterocycles. The van der Waals surface area contributed by atoms with E-state index in [4.69, 9.17) is 0 Å². The van der Waals surface area contributed by atoms with Crippen LogP contribution in [0.4, 0.5) is 15.8 Å². The average molecular weight is 461 g/mol. The van der Waals surface area contributed by atoms with Gasteiger partial charge < -0.3 is 5.32 Å². The third-order valence-corrected chi connectivity index (χ3v) is 7.18. The van der Waals surface area contributed by atoms with Crippen molar-refractivity contribution in [2.75, 3.05) is 10.2 Å². The summed E-state index contributed by atoms with van der Waals surface area (Å²) in [6.45, 7) is 4.20. The highest BCUT2D eigenvalue weighted by molar-refractivity contribution is 7.10. The third kappa shape index (κ3) is 4.11. The smallest absolute Gasteiger partial charge is 0.232 e. The van der Waals surface area contributed by atoms with Gasteiger partial charge in [-0.15, -0.1) is 11.3 Å². The lowest BCUT2D eigenvalue weighted by atomic mass is 9.74. The van der Waals surface area contributed by atoms with Crippen LogP contribution >= 0.6 is 11.3 Å². The van der Waals surface area contributed by atoms with Crippen LogP contribution in [0.3, 0.4) is 0 Å². The van der Waals surface area contributed by atoms with Crippen LogP contribution < -0.4 is 10.2 Å². The van der Waals surface area contributed by atoms with Gasteiger partial charge in [0, 0.05) is 22.6 Å². The molecule has 4 nitrogen and oxygen atoms in total. The minimum atomic E-state index is -0.507. The Labute approximate surface area is 196 Å². The molecule has 6 heteroatoms. The van der Waals surface area contributed by atoms with Crippen molar-refractivity contribution in [3.63, 3.8) is 0 Å². The van der Waals surface area contributed by atoms with Gasteiger partial charge in [-0.2, -0.15) is 0 Å². The van der Waals surface area contributed by atoms with Gasteiger partial charge in [0.25, 0.3) is 0 Å². The molecule has 33 heavy (non-hydrogen) atoms. The van der Waals surface area contributed by atoms with E-state index in [-0.39, 0.29) is 29.3 Å². The first-order chi connectivity index (χ1) is 15.8. The molecule has 168 valence electrons. The molecule has 2 aromatic carbocycles. The highest BCUT2D eigenvalue weighted by atomic mass is 32.1. The zero-order valence-corrected chi connectivity index (χ0v) is 19.4. The second-order valence-corrected chi connectivity index (χ2v) is 10.4. The van der Waals surface area contributed by atoms with Gasteiger partial charge in [-0.1, -0.05) is 44.2 Å². The quantitative estimate of drug-likeness (QED) is 0.501. The fraction of sp³-hybridized carbons (Fsp3) is 0.259. The van der Waals surface area contributed by atoms with Gasteiger partial charge in [0.1, 0.15) is 11.9 Å². The number of hydrogen-bond acceptors (Lipinski definition) is 4. The van der Waals surface area contributed by atoms with Crippen LogP contribution in [0, 0.1) is 11.2 Å². The van der Waals surface area contributed by atoms with E-state index in [0.29, 0.717) is 12.0 Å². The molecule has 0 fully saturated rings. The number of nitrogens with zero attached hydrogens (tertiary/aromatic N) is 1. The van der Waals surface area contributed by atoms with Crippen LogP contribution in [0.5, 0.6) is 0 Å². The number of para-hydroxylation sites is 2. The van der Waals surface area contributed by atoms with E-state index in [1.54, 1.807) is 28.4 Å². The number of Topliss-reactive ketones (excluding diaryl/α,β-unsaturated/α-hetero) is 1. The van der Waals surface area contributed by atoms with E-state index in [9.17, 15) is 14.0 Å². The number of allylic oxidation sites excluding steroid dienone is 1. The van der Waals surface area contributed by atoms with Crippen molar-refractivity contribution >= 4 is 34.4 Å². The number of rotatable bonds is 3. The van der Waals surface area contributed by atoms with E-state index < -0.39 is 6.04 Å². The zero-order valence-electron chi connectivity index (χ0n) is 18.6. The van der Waals surface area contributed by atoms with Gasteiger partial charge in [-0.3, -0.25) is 14.5 Å². The van der Waals surface area contributed by atoms with E-state index in [1.807, 2.05) is 41.8 Å². The minimum absolute atomic E-state index is 0.0690. The van der Waals surface area contributed by atoms with Crippen molar-refractivity contribution in [3.8, 4) is 0 Å². The number of fused-ring (bicyclic) bond motifs is 1. The van der Waals surface area contributed by atoms with Gasteiger partial charge in [0.2, 0.25) is 5.91 Å². The van der Waals surface area contributed by atoms with Crippen molar-refractivity contribution in [2.45, 2.75) is 39.2 Å². The first kappa shape index (κ1) is 21.6. The van der Waals surface area contributed by atoms with Crippen LogP contribution in [0.1, 0.15) is 43.2 Å². The number of benzene rings is 2. The highest BCUT2D eigenvalue weighted by Gasteiger charge is 2.43. The third-order valence-electron chi connectivity index (χ3n) is 6.25. The van der Waals surface area contributed by atoms with Crippen molar-refractivity contribution in [2.24, 2.45) is 5.41 Å². The largest absolute Gasteiger partial charge is 0.357 e. The first-order valence-electron chi connectivity index (χ1n) is 11.0. The topological polar surface area (TPSA) is 49.4 Å². The van der Waals surface area contributed by atoms with Crippen LogP contribution in [0.15, 0.2) is 77.3 Å². The second-order valence-electron chi connectivity index (χ2n) is 9.46. The summed E-state index contributed by atoms with van der Waals surface area (Å²) in [5.74, 6) is -0.405. The normalized spacial score (nSPS) is 19.4. The van der Waals surface area contributed by atoms with E-state index >= 15 is 0 Å². The predicted octanol–water partition coefficient (Wildman–Crippen LogP) is 6.27. The lowest BCUT2D eigenvalue weighted by molar-refractivity contribution is -0.119. The summed E-state index contributed by atoms with van der Waals surface area (Å²) in [5.41, 5.74) is 3.67. The second kappa shape index (κ2) is 8.27. The van der Waals surface area contributed by atoms with Crippen LogP contribution in [-0.4, -0.2) is 11.7 Å². The Balaban J connectivity index is 1.68. The number of thiophene rings is 1. The molecule has 0 spiro atoms. The summed E-state index contributed by atoms with van der Waals surface area (Å²) in [7, 11) is 0. The van der Waals surface area contributed by atoms with Crippen molar-refractivity contribution in [1.82, 2.24) is 0 Å². The fourth-order valence-corrected chi connectivity index (χ4v) is 5.66. The maximum absolute atomic E-state index is 13.9. The summed E-state index contributed by atoms with van der Waals surface area (Å²) in [6, 6.07) is 17.1. The van der Waals surface area contributed by atoms with Crippen LogP contribution in [0.2, 0.25) is 0 Å². The molecular weight excluding hydrogens is 435 g/mol. The Morgan fingerprint density at radius 2 is 1.85 bits per heavy atom. The molecule has 1 aliphatic carbocycles. The van der Waals surface area contributed by atoms with Crippen molar-refractivity contribution in [1.29, 1.82) is 0 Å². The maximum atomic E-state index is 13.9. The Kier molecular flexibility index (Phi) is 5.41. The number of carbonyl (C=O) groups is 2. The first-order valence-corrected chi connectivity index (χ1v) is 11.9. The fourth-order valence-electron chi connectivity index (χ4n) is 4.84. The zero-order chi connectivity index (χ0) is 23.2. The van der Waals surface area contributed by atoms with Gasteiger partial charge >= 0.3 is 0 Å². The lowest BCUT2D eigenvalue weighted by Crippen LogP contribution is -2.40. The molecule has 2 heterocycles. The monoisotopic (exact) mass is 460 g/mol. The molecule has 5 rings (SSSR count). The number of ketones is 1. The number of halogens is 1. The highest BCUT2D eigenvalue weighted by Crippen LogP contribution is 2.49. The summed E-state index contributed by atoms with van der Waals surface area (Å²) in [5, 5.41) is 5.49. The molecular formula is C27H25FN2O2S. The minimum Gasteiger partial charge on any atom is -0.357 e. The molecule has 1 unspecified atom stereocenters. The van der Waals surface area contributed by atoms with Gasteiger partial charge in [-0.25, -0.2) is 4.39 Å². The van der Waals surface area contributed by atoms with E-state index in [2.05, 4.69) is 19.2 Å². The molecule has 2 aliphatic rings. The number of nitrogens with one attached hydrogen (secondary N) is 1. The standard InChI is InChI=1S/C27H25FN2O2S/c1-27(2)15-20-25(22(31)16-27)26(23-8-5-13-33-23)30(21-7-4-3-6-19(21)29-20)24(32)14-17-9-11-18(28)12-10-17/h3-13,26,29H,14-16H2,1-2H3. The Bertz CT molecular complexity index is 1250. The molecule has 0 saturated carbocycles. The molecule has 1 N–H and O–H groups in total. The maximum Gasteiger partial charge on any atom is 0.232 e. The average Bonchev–Trinajstić information content (AvgIpc) is 3.24. The number of hydrogen-bond donors (Lipinski definition) is 1. The van der Waals surface area contributed by atoms with E-state index in [1.165, 1.54) is 12.1 Å². The summed E-state index contributed by atoms with van der Waals surface area (Å²) >= 11 is 1.54. The Hall–Kier alpha value is -3.25. The van der Waals surface area contributed by atoms with Gasteiger partial charge in [-0.05, 0) is 53.1 Å². The predicted molar refractivity (Wildman–Crippen MR) is 130 cm³/mol. The lowest BCUT2D eigenvalue weighted by Gasteiger charge is -2.36. The number of carbonyl (C=O) groups excluding carboxylic acids is 2. The van der Waals surface area contributed by atoms with Crippen LogP contribution in [-0.2, 0) is 16.0 Å². The van der Waals surface area contributed by atoms with Crippen LogP contribution in [0.25, 0.3) is 0 Å². The van der Waals surface area contributed by atoms with Crippen molar-refractivity contribution < 1.29 is 14.0 Å². The summed E-state index contributed by atoms with van der Waals surface area (Å²) in [6.07, 6.45) is 1.27. The number of anilines is 2. The van der Waals surface area contributed by atoms with E-state index in [0.717, 1.165) is 33.9 Å². The Morgan fingerprint density at radius 3 is 2.58 bits per heavy atom. The Morgan fingerprint density at radius 1 is 1.09 bits per heavy atom. The molecule has 1 atom stereocenters. The molecule has 0 radical (unpaired) electrons. The SMILES string of the molecule is CC1(C)CC(=O)C2=C(C1)Nc1ccccc1N(C(=O)Cc1ccc(F)cc1)C2c1cccs1. The van der Waals surface area contributed by atoms with Gasteiger partial charge in [0.05, 0.1) is 17.8 Å². The van der Waals surface area contributed by atoms with Crippen molar-refractivity contribution in [3.05, 3.63) is 93.6 Å². The summed E-state index contributed by atoms with van der Waals surface area (Å²) < 4.78 is 13.4. The molecule has 1 aliphatic heterocycles. The summed E-state index contributed by atoms with van der Waals surface area (Å²) in [4.78, 5) is 30.1.